The van der Waals surface area contributed by atoms with Gasteiger partial charge in [-0.15, -0.1) is 0 Å². The van der Waals surface area contributed by atoms with Crippen LogP contribution < -0.4 is 4.74 Å². The van der Waals surface area contributed by atoms with Gasteiger partial charge in [-0.1, -0.05) is 18.2 Å². The Kier molecular flexibility index (Phi) is 5.59. The number of ether oxygens (including phenoxy) is 2. The van der Waals surface area contributed by atoms with E-state index < -0.39 is 24.2 Å². The van der Waals surface area contributed by atoms with Crippen molar-refractivity contribution in [2.45, 2.75) is 13.8 Å². The Bertz CT molecular complexity index is 1020. The van der Waals surface area contributed by atoms with Gasteiger partial charge < -0.3 is 14.0 Å². The van der Waals surface area contributed by atoms with E-state index in [1.807, 2.05) is 48.7 Å². The van der Waals surface area contributed by atoms with Gasteiger partial charge in [-0.2, -0.15) is 0 Å². The maximum atomic E-state index is 13.7. The van der Waals surface area contributed by atoms with Crippen molar-refractivity contribution in [3.63, 3.8) is 0 Å². The molecule has 1 heterocycles. The van der Waals surface area contributed by atoms with Gasteiger partial charge in [0, 0.05) is 22.6 Å². The molecule has 0 N–H and O–H groups in total. The van der Waals surface area contributed by atoms with Crippen molar-refractivity contribution >= 4 is 11.8 Å². The van der Waals surface area contributed by atoms with Crippen molar-refractivity contribution in [1.29, 1.82) is 0 Å². The quantitative estimate of drug-likeness (QED) is 0.472. The number of benzene rings is 2. The number of methoxy groups -OCH3 is 1. The molecule has 2 aromatic carbocycles. The summed E-state index contributed by atoms with van der Waals surface area (Å²) in [6.45, 7) is 3.24. The van der Waals surface area contributed by atoms with E-state index in [1.54, 1.807) is 6.07 Å². The molecule has 0 unspecified atom stereocenters. The van der Waals surface area contributed by atoms with Crippen molar-refractivity contribution in [2.24, 2.45) is 0 Å². The van der Waals surface area contributed by atoms with E-state index in [2.05, 4.69) is 0 Å². The summed E-state index contributed by atoms with van der Waals surface area (Å²) in [4.78, 5) is 24.7. The zero-order valence-corrected chi connectivity index (χ0v) is 15.9. The fourth-order valence-corrected chi connectivity index (χ4v) is 3.08. The maximum Gasteiger partial charge on any atom is 0.340 e. The van der Waals surface area contributed by atoms with E-state index in [9.17, 15) is 14.0 Å². The highest BCUT2D eigenvalue weighted by molar-refractivity contribution is 5.99. The number of rotatable bonds is 6. The second kappa shape index (κ2) is 8.08. The average Bonchev–Trinajstić information content (AvgIpc) is 3.00. The topological polar surface area (TPSA) is 57.5 Å². The molecule has 28 heavy (non-hydrogen) atoms. The van der Waals surface area contributed by atoms with Crippen LogP contribution in [0.3, 0.4) is 0 Å². The smallest absolute Gasteiger partial charge is 0.340 e. The Morgan fingerprint density at radius 2 is 1.75 bits per heavy atom. The van der Waals surface area contributed by atoms with E-state index in [-0.39, 0.29) is 11.3 Å². The summed E-state index contributed by atoms with van der Waals surface area (Å²) in [5, 5.41) is 0. The first-order valence-electron chi connectivity index (χ1n) is 8.70. The normalized spacial score (nSPS) is 10.6. The van der Waals surface area contributed by atoms with Crippen molar-refractivity contribution in [2.75, 3.05) is 13.7 Å². The Hall–Kier alpha value is -3.41. The first kappa shape index (κ1) is 19.4. The predicted octanol–water partition coefficient (Wildman–Crippen LogP) is 4.28. The molecule has 6 heteroatoms. The molecule has 0 fully saturated rings. The number of carbonyl (C=O) groups is 2. The molecule has 0 saturated heterocycles. The summed E-state index contributed by atoms with van der Waals surface area (Å²) in [6, 6.07) is 15.2. The zero-order chi connectivity index (χ0) is 20.3. The second-order valence-electron chi connectivity index (χ2n) is 6.30. The van der Waals surface area contributed by atoms with Gasteiger partial charge in [0.15, 0.2) is 24.0 Å². The van der Waals surface area contributed by atoms with Gasteiger partial charge in [0.2, 0.25) is 0 Å². The van der Waals surface area contributed by atoms with Crippen LogP contribution in [0.1, 0.15) is 32.1 Å². The number of aromatic nitrogens is 1. The number of nitrogens with zero attached hydrogens (tertiary/aromatic N) is 1. The number of ketones is 1. The molecule has 0 aliphatic heterocycles. The third kappa shape index (κ3) is 3.81. The van der Waals surface area contributed by atoms with Gasteiger partial charge in [-0.05, 0) is 50.2 Å². The Balaban J connectivity index is 1.74. The molecule has 0 aliphatic rings. The number of para-hydroxylation sites is 1. The zero-order valence-electron chi connectivity index (χ0n) is 15.9. The van der Waals surface area contributed by atoms with Crippen molar-refractivity contribution in [1.82, 2.24) is 4.57 Å². The minimum absolute atomic E-state index is 0.0434. The third-order valence-electron chi connectivity index (χ3n) is 4.47. The lowest BCUT2D eigenvalue weighted by Crippen LogP contribution is -2.15. The van der Waals surface area contributed by atoms with Crippen molar-refractivity contribution < 1.29 is 23.5 Å². The summed E-state index contributed by atoms with van der Waals surface area (Å²) in [5.41, 5.74) is 3.02. The summed E-state index contributed by atoms with van der Waals surface area (Å²) >= 11 is 0. The molecule has 1 aromatic heterocycles. The minimum Gasteiger partial charge on any atom is -0.494 e. The highest BCUT2D eigenvalue weighted by atomic mass is 19.1. The molecule has 0 amide bonds. The molecule has 3 aromatic rings. The molecule has 5 nitrogen and oxygen atoms in total. The first-order valence-corrected chi connectivity index (χ1v) is 8.70. The number of hydrogen-bond acceptors (Lipinski definition) is 4. The van der Waals surface area contributed by atoms with Gasteiger partial charge >= 0.3 is 5.97 Å². The van der Waals surface area contributed by atoms with Crippen LogP contribution in [0.25, 0.3) is 5.69 Å². The lowest BCUT2D eigenvalue weighted by molar-refractivity contribution is 0.0474. The summed E-state index contributed by atoms with van der Waals surface area (Å²) in [7, 11) is 1.34. The average molecular weight is 381 g/mol. The fraction of sp³-hybridized carbons (Fsp3) is 0.182. The molecule has 0 bridgehead atoms. The number of Topliss-reactive ketones (excluding diaryl/α,β-unsaturated/α-hetero) is 1. The monoisotopic (exact) mass is 381 g/mol. The number of hydrogen-bond donors (Lipinski definition) is 0. The number of carbonyl (C=O) groups excluding carboxylic acids is 2. The second-order valence-corrected chi connectivity index (χ2v) is 6.30. The van der Waals surface area contributed by atoms with Crippen molar-refractivity contribution in [3.05, 3.63) is 82.9 Å². The van der Waals surface area contributed by atoms with E-state index in [4.69, 9.17) is 9.47 Å². The Morgan fingerprint density at radius 1 is 1.04 bits per heavy atom. The van der Waals surface area contributed by atoms with E-state index in [0.717, 1.165) is 23.1 Å². The number of esters is 1. The van der Waals surface area contributed by atoms with Crippen LogP contribution in [0.5, 0.6) is 5.75 Å². The van der Waals surface area contributed by atoms with Crippen LogP contribution in [0, 0.1) is 19.7 Å². The van der Waals surface area contributed by atoms with Crippen LogP contribution in [-0.2, 0) is 4.74 Å². The van der Waals surface area contributed by atoms with Crippen molar-refractivity contribution in [3.8, 4) is 11.4 Å². The molecule has 0 saturated carbocycles. The highest BCUT2D eigenvalue weighted by Crippen LogP contribution is 2.22. The van der Waals surface area contributed by atoms with Crippen LogP contribution in [0.15, 0.2) is 54.6 Å². The van der Waals surface area contributed by atoms with E-state index in [0.29, 0.717) is 5.56 Å². The van der Waals surface area contributed by atoms with Crippen LogP contribution >= 0.6 is 0 Å². The van der Waals surface area contributed by atoms with E-state index >= 15 is 0 Å². The third-order valence-corrected chi connectivity index (χ3v) is 4.47. The molecule has 3 rings (SSSR count). The van der Waals surface area contributed by atoms with Gasteiger partial charge in [-0.3, -0.25) is 4.79 Å². The summed E-state index contributed by atoms with van der Waals surface area (Å²) in [6.07, 6.45) is 0. The number of aryl methyl sites for hydroxylation is 1. The molecule has 0 atom stereocenters. The molecule has 0 aliphatic carbocycles. The largest absolute Gasteiger partial charge is 0.494 e. The van der Waals surface area contributed by atoms with Crippen LogP contribution in [0.2, 0.25) is 0 Å². The first-order chi connectivity index (χ1) is 13.4. The Labute approximate surface area is 162 Å². The molecular formula is C22H20FNO4. The van der Waals surface area contributed by atoms with Gasteiger partial charge in [0.25, 0.3) is 0 Å². The van der Waals surface area contributed by atoms with Gasteiger partial charge in [0.05, 0.1) is 12.7 Å². The Morgan fingerprint density at radius 3 is 2.39 bits per heavy atom. The lowest BCUT2D eigenvalue weighted by atomic mass is 10.1. The summed E-state index contributed by atoms with van der Waals surface area (Å²) < 4.78 is 25.7. The highest BCUT2D eigenvalue weighted by Gasteiger charge is 2.19. The molecule has 144 valence electrons. The van der Waals surface area contributed by atoms with E-state index in [1.165, 1.54) is 19.2 Å². The van der Waals surface area contributed by atoms with Gasteiger partial charge in [-0.25, -0.2) is 9.18 Å². The number of halogens is 1. The fourth-order valence-electron chi connectivity index (χ4n) is 3.08. The maximum absolute atomic E-state index is 13.7. The molecular weight excluding hydrogens is 361 g/mol. The van der Waals surface area contributed by atoms with Gasteiger partial charge in [0.1, 0.15) is 0 Å². The van der Waals surface area contributed by atoms with Crippen LogP contribution in [-0.4, -0.2) is 30.0 Å². The SMILES string of the molecule is COc1ccc(C(=O)COC(=O)c2cc(C)n(-c3ccccc3)c2C)cc1F. The molecule has 0 spiro atoms. The minimum atomic E-state index is -0.647. The summed E-state index contributed by atoms with van der Waals surface area (Å²) in [5.74, 6) is -1.70. The van der Waals surface area contributed by atoms with Crippen LogP contribution in [0.4, 0.5) is 4.39 Å². The predicted molar refractivity (Wildman–Crippen MR) is 103 cm³/mol. The lowest BCUT2D eigenvalue weighted by Gasteiger charge is -2.10. The molecule has 0 radical (unpaired) electrons. The standard InChI is InChI=1S/C22H20FNO4/c1-14-11-18(15(2)24(14)17-7-5-4-6-8-17)22(26)28-13-20(25)16-9-10-21(27-3)19(23)12-16/h4-12H,13H2,1-3H3.